The van der Waals surface area contributed by atoms with E-state index in [2.05, 4.69) is 267 Å². The Kier molecular flexibility index (Phi) is 10.1. The Balaban J connectivity index is 1.20. The highest BCUT2D eigenvalue weighted by atomic mass is 15.3. The average molecular weight is 926 g/mol. The number of fused-ring (bicyclic) bond motifs is 7. The van der Waals surface area contributed by atoms with Gasteiger partial charge in [-0.2, -0.15) is 0 Å². The molecule has 1 saturated carbocycles. The van der Waals surface area contributed by atoms with Crippen LogP contribution < -0.4 is 31.1 Å². The van der Waals surface area contributed by atoms with Crippen molar-refractivity contribution in [2.45, 2.75) is 123 Å². The zero-order chi connectivity index (χ0) is 49.4. The normalized spacial score (nSPS) is 19.0. The molecule has 0 amide bonds. The van der Waals surface area contributed by atoms with Gasteiger partial charge in [-0.05, 0) is 152 Å². The van der Waals surface area contributed by atoms with E-state index in [9.17, 15) is 0 Å². The first kappa shape index (κ1) is 45.4. The summed E-state index contributed by atoms with van der Waals surface area (Å²) in [6, 6.07) is 67.8. The standard InChI is InChI=1S/C67H68BN3/c1-63(2,3)48-27-31-51(32-28-48)69-58-35-30-50(65(7,8)9)41-56(58)68-55-33-26-47(45-22-16-13-17-23-45)39-59(55)70(52-25-18-24-46(38-52)44-20-14-12-15-21-44)61-43-53(42-60(69)62(61)68)71-57-34-29-49(64(4,5)6)40-54(57)66(10)36-19-37-67(66,71)11/h12-18,20-35,38-43H,19,36-37H2,1-11H3. The van der Waals surface area contributed by atoms with Crippen molar-refractivity contribution in [1.82, 2.24) is 0 Å². The van der Waals surface area contributed by atoms with Gasteiger partial charge in [0.25, 0.3) is 6.71 Å². The molecule has 4 aliphatic rings. The van der Waals surface area contributed by atoms with E-state index in [1.54, 1.807) is 0 Å². The summed E-state index contributed by atoms with van der Waals surface area (Å²) in [7, 11) is 0. The maximum Gasteiger partial charge on any atom is 0.252 e. The van der Waals surface area contributed by atoms with Gasteiger partial charge in [0, 0.05) is 50.9 Å². The molecular formula is C67H68BN3. The fourth-order valence-corrected chi connectivity index (χ4v) is 13.0. The van der Waals surface area contributed by atoms with Gasteiger partial charge in [0.05, 0.1) is 5.54 Å². The lowest BCUT2D eigenvalue weighted by molar-refractivity contribution is 0.330. The van der Waals surface area contributed by atoms with E-state index in [1.165, 1.54) is 114 Å². The Morgan fingerprint density at radius 2 is 0.944 bits per heavy atom. The van der Waals surface area contributed by atoms with E-state index < -0.39 is 0 Å². The summed E-state index contributed by atoms with van der Waals surface area (Å²) in [5.41, 5.74) is 24.2. The first-order chi connectivity index (χ1) is 33.8. The van der Waals surface area contributed by atoms with Crippen molar-refractivity contribution < 1.29 is 0 Å². The number of hydrogen-bond acceptors (Lipinski definition) is 3. The molecule has 8 aromatic rings. The summed E-state index contributed by atoms with van der Waals surface area (Å²) in [6.07, 6.45) is 3.50. The van der Waals surface area contributed by atoms with Gasteiger partial charge in [-0.25, -0.2) is 0 Å². The molecule has 4 heteroatoms. The highest BCUT2D eigenvalue weighted by molar-refractivity contribution is 7.00. The van der Waals surface area contributed by atoms with Crippen LogP contribution in [-0.4, -0.2) is 12.3 Å². The smallest absolute Gasteiger partial charge is 0.252 e. The molecule has 0 aromatic heterocycles. The minimum atomic E-state index is -0.134. The fourth-order valence-electron chi connectivity index (χ4n) is 13.0. The summed E-state index contributed by atoms with van der Waals surface area (Å²) in [5, 5.41) is 0. The number of hydrogen-bond donors (Lipinski definition) is 0. The second-order valence-corrected chi connectivity index (χ2v) is 24.7. The summed E-state index contributed by atoms with van der Waals surface area (Å²) >= 11 is 0. The lowest BCUT2D eigenvalue weighted by atomic mass is 9.33. The van der Waals surface area contributed by atoms with Crippen molar-refractivity contribution in [3.05, 3.63) is 198 Å². The highest BCUT2D eigenvalue weighted by Crippen LogP contribution is 2.63. The van der Waals surface area contributed by atoms with Crippen LogP contribution in [0.5, 0.6) is 0 Å². The van der Waals surface area contributed by atoms with Crippen molar-refractivity contribution in [3.63, 3.8) is 0 Å². The van der Waals surface area contributed by atoms with Gasteiger partial charge in [-0.1, -0.05) is 197 Å². The molecule has 0 bridgehead atoms. The second kappa shape index (κ2) is 15.9. The van der Waals surface area contributed by atoms with E-state index in [0.717, 1.165) is 12.1 Å². The lowest BCUT2D eigenvalue weighted by Crippen LogP contribution is -2.61. The number of nitrogens with zero attached hydrogens (tertiary/aromatic N) is 3. The van der Waals surface area contributed by atoms with E-state index in [0.29, 0.717) is 0 Å². The predicted molar refractivity (Wildman–Crippen MR) is 306 cm³/mol. The summed E-state index contributed by atoms with van der Waals surface area (Å²) in [6.45, 7) is 26.2. The van der Waals surface area contributed by atoms with Gasteiger partial charge in [-0.15, -0.1) is 0 Å². The third-order valence-corrected chi connectivity index (χ3v) is 17.2. The Labute approximate surface area is 424 Å². The minimum absolute atomic E-state index is 0.0153. The van der Waals surface area contributed by atoms with Crippen LogP contribution in [0.4, 0.5) is 45.5 Å². The molecular weight excluding hydrogens is 858 g/mol. The Bertz CT molecular complexity index is 3390. The van der Waals surface area contributed by atoms with Crippen molar-refractivity contribution >= 4 is 68.6 Å². The summed E-state index contributed by atoms with van der Waals surface area (Å²) in [4.78, 5) is 8.04. The first-order valence-electron chi connectivity index (χ1n) is 26.2. The lowest BCUT2D eigenvalue weighted by Gasteiger charge is -2.47. The van der Waals surface area contributed by atoms with Crippen LogP contribution in [-0.2, 0) is 21.7 Å². The van der Waals surface area contributed by atoms with E-state index in [-0.39, 0.29) is 33.9 Å². The largest absolute Gasteiger partial charge is 0.334 e. The average Bonchev–Trinajstić information content (AvgIpc) is 3.76. The summed E-state index contributed by atoms with van der Waals surface area (Å²) < 4.78 is 0. The Morgan fingerprint density at radius 1 is 0.394 bits per heavy atom. The SMILES string of the molecule is CC(C)(C)c1ccc(N2c3ccc(C(C)(C)C)cc3B3c4ccc(-c5ccccc5)cc4N(c4cccc(-c5ccccc5)c4)c4cc(N5c6ccc(C(C)(C)C)cc6C6(C)CCCC56C)cc2c43)cc1. The molecule has 3 heterocycles. The van der Waals surface area contributed by atoms with Crippen LogP contribution in [0.25, 0.3) is 22.3 Å². The van der Waals surface area contributed by atoms with E-state index in [1.807, 2.05) is 0 Å². The highest BCUT2D eigenvalue weighted by Gasteiger charge is 2.60. The topological polar surface area (TPSA) is 9.72 Å². The molecule has 71 heavy (non-hydrogen) atoms. The Morgan fingerprint density at radius 3 is 1.56 bits per heavy atom. The fraction of sp³-hybridized carbons (Fsp3) is 0.284. The molecule has 3 aliphatic heterocycles. The third-order valence-electron chi connectivity index (χ3n) is 17.2. The molecule has 2 atom stereocenters. The third kappa shape index (κ3) is 7.06. The van der Waals surface area contributed by atoms with Crippen molar-refractivity contribution in [2.75, 3.05) is 14.7 Å². The summed E-state index contributed by atoms with van der Waals surface area (Å²) in [5.74, 6) is 0. The number of benzene rings is 8. The van der Waals surface area contributed by atoms with E-state index >= 15 is 0 Å². The van der Waals surface area contributed by atoms with E-state index in [4.69, 9.17) is 0 Å². The van der Waals surface area contributed by atoms with Crippen LogP contribution in [0.15, 0.2) is 176 Å². The van der Waals surface area contributed by atoms with Gasteiger partial charge < -0.3 is 14.7 Å². The molecule has 8 aromatic carbocycles. The molecule has 0 saturated heterocycles. The Hall–Kier alpha value is -6.78. The van der Waals surface area contributed by atoms with Crippen molar-refractivity contribution in [2.24, 2.45) is 0 Å². The van der Waals surface area contributed by atoms with Crippen LogP contribution in [0.3, 0.4) is 0 Å². The number of anilines is 8. The minimum Gasteiger partial charge on any atom is -0.334 e. The molecule has 3 nitrogen and oxygen atoms in total. The number of rotatable bonds is 5. The predicted octanol–water partition coefficient (Wildman–Crippen LogP) is 16.3. The molecule has 1 fully saturated rings. The first-order valence-corrected chi connectivity index (χ1v) is 26.2. The molecule has 0 spiro atoms. The maximum absolute atomic E-state index is 2.79. The van der Waals surface area contributed by atoms with Crippen LogP contribution in [0, 0.1) is 0 Å². The van der Waals surface area contributed by atoms with Gasteiger partial charge in [0.15, 0.2) is 0 Å². The van der Waals surface area contributed by atoms with Crippen LogP contribution >= 0.6 is 0 Å². The zero-order valence-electron chi connectivity index (χ0n) is 43.8. The second-order valence-electron chi connectivity index (χ2n) is 24.7. The zero-order valence-corrected chi connectivity index (χ0v) is 43.8. The van der Waals surface area contributed by atoms with Gasteiger partial charge >= 0.3 is 0 Å². The molecule has 0 radical (unpaired) electrons. The van der Waals surface area contributed by atoms with Gasteiger partial charge in [0.1, 0.15) is 0 Å². The van der Waals surface area contributed by atoms with Crippen molar-refractivity contribution in [1.29, 1.82) is 0 Å². The molecule has 0 N–H and O–H groups in total. The quantitative estimate of drug-likeness (QED) is 0.159. The molecule has 12 rings (SSSR count). The van der Waals surface area contributed by atoms with Gasteiger partial charge in [-0.3, -0.25) is 0 Å². The molecule has 2 unspecified atom stereocenters. The molecule has 354 valence electrons. The van der Waals surface area contributed by atoms with Crippen LogP contribution in [0.1, 0.15) is 118 Å². The van der Waals surface area contributed by atoms with Gasteiger partial charge in [0.2, 0.25) is 0 Å². The maximum atomic E-state index is 2.79. The van der Waals surface area contributed by atoms with Crippen LogP contribution in [0.2, 0.25) is 0 Å². The molecule has 1 aliphatic carbocycles. The monoisotopic (exact) mass is 926 g/mol. The van der Waals surface area contributed by atoms with Crippen molar-refractivity contribution in [3.8, 4) is 22.3 Å².